The Balaban J connectivity index is 1.98. The van der Waals surface area contributed by atoms with Gasteiger partial charge in [0.1, 0.15) is 0 Å². The van der Waals surface area contributed by atoms with Gasteiger partial charge in [0.15, 0.2) is 0 Å². The van der Waals surface area contributed by atoms with E-state index < -0.39 is 0 Å². The molecule has 2 aliphatic rings. The molecule has 0 radical (unpaired) electrons. The first-order valence-electron chi connectivity index (χ1n) is 8.21. The third-order valence-corrected chi connectivity index (χ3v) is 5.67. The van der Waals surface area contributed by atoms with Crippen LogP contribution in [0, 0.1) is 11.8 Å². The summed E-state index contributed by atoms with van der Waals surface area (Å²) < 4.78 is 0. The SMILES string of the molecule is CC(C)C1CCN(C2(CN)CCCN(C)CC2)CC1. The second-order valence-electron chi connectivity index (χ2n) is 7.15. The molecule has 0 spiro atoms. The first kappa shape index (κ1) is 15.3. The van der Waals surface area contributed by atoms with Gasteiger partial charge in [0.05, 0.1) is 0 Å². The molecule has 0 aromatic carbocycles. The van der Waals surface area contributed by atoms with E-state index in [-0.39, 0.29) is 0 Å². The maximum absolute atomic E-state index is 6.22. The molecule has 2 saturated heterocycles. The molecular weight excluding hydrogens is 234 g/mol. The topological polar surface area (TPSA) is 32.5 Å². The Morgan fingerprint density at radius 2 is 1.79 bits per heavy atom. The van der Waals surface area contributed by atoms with E-state index in [1.807, 2.05) is 0 Å². The molecule has 1 atom stereocenters. The first-order valence-corrected chi connectivity index (χ1v) is 8.21. The monoisotopic (exact) mass is 267 g/mol. The van der Waals surface area contributed by atoms with Gasteiger partial charge in [-0.05, 0) is 77.2 Å². The summed E-state index contributed by atoms with van der Waals surface area (Å²) in [6.07, 6.45) is 6.59. The predicted octanol–water partition coefficient (Wildman–Crippen LogP) is 2.17. The molecular formula is C16H33N3. The summed E-state index contributed by atoms with van der Waals surface area (Å²) in [7, 11) is 2.25. The number of hydrogen-bond donors (Lipinski definition) is 1. The second-order valence-corrected chi connectivity index (χ2v) is 7.15. The van der Waals surface area contributed by atoms with Crippen molar-refractivity contribution in [1.82, 2.24) is 9.80 Å². The van der Waals surface area contributed by atoms with Gasteiger partial charge in [-0.1, -0.05) is 13.8 Å². The van der Waals surface area contributed by atoms with Crippen LogP contribution in [-0.4, -0.2) is 55.1 Å². The molecule has 2 N–H and O–H groups in total. The molecule has 3 heteroatoms. The van der Waals surface area contributed by atoms with Crippen LogP contribution in [0.15, 0.2) is 0 Å². The molecule has 0 aromatic rings. The van der Waals surface area contributed by atoms with E-state index in [2.05, 4.69) is 30.7 Å². The third kappa shape index (κ3) is 3.50. The Hall–Kier alpha value is -0.120. The van der Waals surface area contributed by atoms with Crippen LogP contribution < -0.4 is 5.73 Å². The lowest BCUT2D eigenvalue weighted by molar-refractivity contribution is 0.0355. The van der Waals surface area contributed by atoms with Crippen LogP contribution in [0.5, 0.6) is 0 Å². The number of hydrogen-bond acceptors (Lipinski definition) is 3. The number of rotatable bonds is 3. The fourth-order valence-corrected chi connectivity index (χ4v) is 4.00. The summed E-state index contributed by atoms with van der Waals surface area (Å²) >= 11 is 0. The minimum absolute atomic E-state index is 0.298. The van der Waals surface area contributed by atoms with E-state index in [0.29, 0.717) is 5.54 Å². The quantitative estimate of drug-likeness (QED) is 0.850. The first-order chi connectivity index (χ1) is 9.07. The average Bonchev–Trinajstić information content (AvgIpc) is 2.61. The molecule has 1 unspecified atom stereocenters. The van der Waals surface area contributed by atoms with E-state index in [0.717, 1.165) is 18.4 Å². The summed E-state index contributed by atoms with van der Waals surface area (Å²) in [5.74, 6) is 1.77. The van der Waals surface area contributed by atoms with Gasteiger partial charge in [-0.15, -0.1) is 0 Å². The molecule has 0 aliphatic carbocycles. The van der Waals surface area contributed by atoms with Crippen LogP contribution in [0.3, 0.4) is 0 Å². The van der Waals surface area contributed by atoms with Gasteiger partial charge in [0, 0.05) is 12.1 Å². The van der Waals surface area contributed by atoms with E-state index in [9.17, 15) is 0 Å². The summed E-state index contributed by atoms with van der Waals surface area (Å²) in [5.41, 5.74) is 6.52. The molecule has 0 bridgehead atoms. The maximum Gasteiger partial charge on any atom is 0.0344 e. The Kier molecular flexibility index (Phi) is 5.27. The van der Waals surface area contributed by atoms with Crippen molar-refractivity contribution in [3.05, 3.63) is 0 Å². The van der Waals surface area contributed by atoms with Crippen molar-refractivity contribution in [2.45, 2.75) is 51.5 Å². The van der Waals surface area contributed by atoms with E-state index in [4.69, 9.17) is 5.73 Å². The molecule has 19 heavy (non-hydrogen) atoms. The van der Waals surface area contributed by atoms with Crippen LogP contribution in [0.4, 0.5) is 0 Å². The van der Waals surface area contributed by atoms with Crippen LogP contribution >= 0.6 is 0 Å². The number of nitrogens with two attached hydrogens (primary N) is 1. The summed E-state index contributed by atoms with van der Waals surface area (Å²) in [6, 6.07) is 0. The molecule has 3 nitrogen and oxygen atoms in total. The molecule has 2 rings (SSSR count). The van der Waals surface area contributed by atoms with Crippen LogP contribution in [0.1, 0.15) is 46.0 Å². The summed E-state index contributed by atoms with van der Waals surface area (Å²) in [5, 5.41) is 0. The van der Waals surface area contributed by atoms with Crippen molar-refractivity contribution in [3.63, 3.8) is 0 Å². The molecule has 2 heterocycles. The Morgan fingerprint density at radius 3 is 2.37 bits per heavy atom. The minimum atomic E-state index is 0.298. The van der Waals surface area contributed by atoms with Gasteiger partial charge in [-0.2, -0.15) is 0 Å². The Bertz CT molecular complexity index is 271. The lowest BCUT2D eigenvalue weighted by Crippen LogP contribution is -2.57. The zero-order valence-corrected chi connectivity index (χ0v) is 13.2. The van der Waals surface area contributed by atoms with Crippen LogP contribution in [0.25, 0.3) is 0 Å². The summed E-state index contributed by atoms with van der Waals surface area (Å²) in [6.45, 7) is 10.6. The average molecular weight is 267 g/mol. The second kappa shape index (κ2) is 6.55. The maximum atomic E-state index is 6.22. The lowest BCUT2D eigenvalue weighted by Gasteiger charge is -2.47. The van der Waals surface area contributed by atoms with Crippen molar-refractivity contribution >= 4 is 0 Å². The van der Waals surface area contributed by atoms with Gasteiger partial charge in [-0.25, -0.2) is 0 Å². The van der Waals surface area contributed by atoms with E-state index in [1.165, 1.54) is 58.3 Å². The highest BCUT2D eigenvalue weighted by molar-refractivity contribution is 4.96. The van der Waals surface area contributed by atoms with Gasteiger partial charge in [0.2, 0.25) is 0 Å². The smallest absolute Gasteiger partial charge is 0.0344 e. The zero-order chi connectivity index (χ0) is 13.9. The lowest BCUT2D eigenvalue weighted by atomic mass is 9.82. The number of likely N-dealkylation sites (tertiary alicyclic amines) is 2. The van der Waals surface area contributed by atoms with E-state index >= 15 is 0 Å². The van der Waals surface area contributed by atoms with Gasteiger partial charge in [0.25, 0.3) is 0 Å². The van der Waals surface area contributed by atoms with Crippen molar-refractivity contribution in [3.8, 4) is 0 Å². The van der Waals surface area contributed by atoms with Gasteiger partial charge >= 0.3 is 0 Å². The highest BCUT2D eigenvalue weighted by atomic mass is 15.2. The largest absolute Gasteiger partial charge is 0.329 e. The minimum Gasteiger partial charge on any atom is -0.329 e. The molecule has 0 amide bonds. The normalized spacial score (nSPS) is 32.7. The molecule has 112 valence electrons. The van der Waals surface area contributed by atoms with E-state index in [1.54, 1.807) is 0 Å². The Morgan fingerprint density at radius 1 is 1.11 bits per heavy atom. The standard InChI is InChI=1S/C16H33N3/c1-14(2)15-5-10-19(11-6-15)16(13-17)7-4-9-18(3)12-8-16/h14-15H,4-13,17H2,1-3H3. The highest BCUT2D eigenvalue weighted by Gasteiger charge is 2.38. The van der Waals surface area contributed by atoms with Crippen molar-refractivity contribution < 1.29 is 0 Å². The fraction of sp³-hybridized carbons (Fsp3) is 1.00. The van der Waals surface area contributed by atoms with Gasteiger partial charge in [-0.3, -0.25) is 4.90 Å². The molecule has 2 fully saturated rings. The highest BCUT2D eigenvalue weighted by Crippen LogP contribution is 2.33. The predicted molar refractivity (Wildman–Crippen MR) is 82.3 cm³/mol. The van der Waals surface area contributed by atoms with Crippen LogP contribution in [0.2, 0.25) is 0 Å². The molecule has 0 aromatic heterocycles. The van der Waals surface area contributed by atoms with Crippen molar-refractivity contribution in [1.29, 1.82) is 0 Å². The molecule has 0 saturated carbocycles. The molecule has 2 aliphatic heterocycles. The van der Waals surface area contributed by atoms with Crippen molar-refractivity contribution in [2.75, 3.05) is 39.8 Å². The zero-order valence-electron chi connectivity index (χ0n) is 13.2. The Labute approximate surface area is 119 Å². The third-order valence-electron chi connectivity index (χ3n) is 5.67. The fourth-order valence-electron chi connectivity index (χ4n) is 4.00. The van der Waals surface area contributed by atoms with Gasteiger partial charge < -0.3 is 10.6 Å². The van der Waals surface area contributed by atoms with Crippen LogP contribution in [-0.2, 0) is 0 Å². The summed E-state index contributed by atoms with van der Waals surface area (Å²) in [4.78, 5) is 5.21. The van der Waals surface area contributed by atoms with Crippen molar-refractivity contribution in [2.24, 2.45) is 17.6 Å². The number of piperidine rings is 1. The number of nitrogens with zero attached hydrogens (tertiary/aromatic N) is 2.